The van der Waals surface area contributed by atoms with Crippen LogP contribution in [0.5, 0.6) is 0 Å². The molecule has 0 spiro atoms. The normalized spacial score (nSPS) is 10.2. The molecule has 0 saturated carbocycles. The lowest BCUT2D eigenvalue weighted by atomic mass is 10.1. The molecule has 0 aliphatic rings. The molecule has 0 aromatic heterocycles. The summed E-state index contributed by atoms with van der Waals surface area (Å²) < 4.78 is 4.67. The van der Waals surface area contributed by atoms with E-state index in [9.17, 15) is 9.59 Å². The molecule has 1 aromatic rings. The summed E-state index contributed by atoms with van der Waals surface area (Å²) >= 11 is 0. The summed E-state index contributed by atoms with van der Waals surface area (Å²) in [6, 6.07) is 7.20. The number of aliphatic hydroxyl groups is 1. The van der Waals surface area contributed by atoms with Gasteiger partial charge in [0.2, 0.25) is 5.91 Å². The van der Waals surface area contributed by atoms with Gasteiger partial charge < -0.3 is 20.5 Å². The minimum absolute atomic E-state index is 0.0314. The maximum atomic E-state index is 11.6. The van der Waals surface area contributed by atoms with Crippen LogP contribution in [0.15, 0.2) is 24.3 Å². The summed E-state index contributed by atoms with van der Waals surface area (Å²) in [4.78, 5) is 22.8. The molecule has 0 atom stereocenters. The molecule has 0 radical (unpaired) electrons. The van der Waals surface area contributed by atoms with Crippen molar-refractivity contribution in [1.82, 2.24) is 5.32 Å². The first kappa shape index (κ1) is 16.0. The first-order valence-electron chi connectivity index (χ1n) is 6.44. The van der Waals surface area contributed by atoms with E-state index in [-0.39, 0.29) is 31.6 Å². The largest absolute Gasteiger partial charge is 0.447 e. The molecular formula is C14H20N2O4. The van der Waals surface area contributed by atoms with Crippen molar-refractivity contribution in [2.75, 3.05) is 18.5 Å². The first-order chi connectivity index (χ1) is 9.52. The van der Waals surface area contributed by atoms with Gasteiger partial charge in [0.05, 0.1) is 6.61 Å². The first-order valence-corrected chi connectivity index (χ1v) is 6.44. The maximum Gasteiger partial charge on any atom is 0.407 e. The number of anilines is 1. The fourth-order valence-electron chi connectivity index (χ4n) is 1.41. The smallest absolute Gasteiger partial charge is 0.407 e. The molecule has 6 heteroatoms. The molecule has 1 aromatic carbocycles. The van der Waals surface area contributed by atoms with Crippen LogP contribution in [-0.4, -0.2) is 30.3 Å². The van der Waals surface area contributed by atoms with Gasteiger partial charge in [0, 0.05) is 18.2 Å². The predicted octanol–water partition coefficient (Wildman–Crippen LogP) is 1.50. The zero-order valence-electron chi connectivity index (χ0n) is 11.7. The van der Waals surface area contributed by atoms with Gasteiger partial charge in [-0.05, 0) is 17.7 Å². The minimum Gasteiger partial charge on any atom is -0.447 e. The van der Waals surface area contributed by atoms with Crippen molar-refractivity contribution in [2.45, 2.75) is 20.4 Å². The highest BCUT2D eigenvalue weighted by molar-refractivity contribution is 5.92. The molecule has 0 aliphatic carbocycles. The SMILES string of the molecule is CC(C)C(=O)Nc1cccc(CNC(=O)OCCO)c1. The summed E-state index contributed by atoms with van der Waals surface area (Å²) in [7, 11) is 0. The fourth-order valence-corrected chi connectivity index (χ4v) is 1.41. The molecule has 0 aliphatic heterocycles. The highest BCUT2D eigenvalue weighted by Crippen LogP contribution is 2.11. The van der Waals surface area contributed by atoms with Crippen molar-refractivity contribution in [3.8, 4) is 0 Å². The molecule has 0 unspecified atom stereocenters. The summed E-state index contributed by atoms with van der Waals surface area (Å²) in [5.41, 5.74) is 1.53. The molecule has 0 bridgehead atoms. The predicted molar refractivity (Wildman–Crippen MR) is 75.2 cm³/mol. The third-order valence-electron chi connectivity index (χ3n) is 2.48. The summed E-state index contributed by atoms with van der Waals surface area (Å²) in [5, 5.41) is 13.9. The standard InChI is InChI=1S/C14H20N2O4/c1-10(2)13(18)16-12-5-3-4-11(8-12)9-15-14(19)20-7-6-17/h3-5,8,10,17H,6-7,9H2,1-2H3,(H,15,19)(H,16,18). The van der Waals surface area contributed by atoms with Crippen LogP contribution in [0.1, 0.15) is 19.4 Å². The van der Waals surface area contributed by atoms with E-state index >= 15 is 0 Å². The van der Waals surface area contributed by atoms with Crippen molar-refractivity contribution < 1.29 is 19.4 Å². The van der Waals surface area contributed by atoms with E-state index in [2.05, 4.69) is 15.4 Å². The van der Waals surface area contributed by atoms with Crippen molar-refractivity contribution >= 4 is 17.7 Å². The number of carbonyl (C=O) groups is 2. The van der Waals surface area contributed by atoms with Gasteiger partial charge in [-0.25, -0.2) is 4.79 Å². The Morgan fingerprint density at radius 1 is 1.35 bits per heavy atom. The number of aliphatic hydroxyl groups excluding tert-OH is 1. The van der Waals surface area contributed by atoms with Crippen LogP contribution in [0.4, 0.5) is 10.5 Å². The number of carbonyl (C=O) groups excluding carboxylic acids is 2. The van der Waals surface area contributed by atoms with E-state index in [0.717, 1.165) is 5.56 Å². The second-order valence-corrected chi connectivity index (χ2v) is 4.56. The number of alkyl carbamates (subject to hydrolysis) is 1. The van der Waals surface area contributed by atoms with Crippen LogP contribution in [0.25, 0.3) is 0 Å². The fraction of sp³-hybridized carbons (Fsp3) is 0.429. The Hall–Kier alpha value is -2.08. The third-order valence-corrected chi connectivity index (χ3v) is 2.48. The molecule has 2 amide bonds. The lowest BCUT2D eigenvalue weighted by molar-refractivity contribution is -0.118. The molecular weight excluding hydrogens is 260 g/mol. The van der Waals surface area contributed by atoms with Gasteiger partial charge in [-0.15, -0.1) is 0 Å². The lowest BCUT2D eigenvalue weighted by Gasteiger charge is -2.10. The number of ether oxygens (including phenoxy) is 1. The number of hydrogen-bond donors (Lipinski definition) is 3. The van der Waals surface area contributed by atoms with Crippen LogP contribution in [0.2, 0.25) is 0 Å². The number of amides is 2. The van der Waals surface area contributed by atoms with Gasteiger partial charge >= 0.3 is 6.09 Å². The molecule has 3 N–H and O–H groups in total. The van der Waals surface area contributed by atoms with E-state index in [1.54, 1.807) is 18.2 Å². The van der Waals surface area contributed by atoms with Gasteiger partial charge in [0.15, 0.2) is 0 Å². The quantitative estimate of drug-likeness (QED) is 0.737. The third kappa shape index (κ3) is 5.71. The number of rotatable bonds is 6. The van der Waals surface area contributed by atoms with E-state index < -0.39 is 6.09 Å². The number of nitrogens with one attached hydrogen (secondary N) is 2. The van der Waals surface area contributed by atoms with E-state index in [0.29, 0.717) is 5.69 Å². The van der Waals surface area contributed by atoms with Gasteiger partial charge in [0.1, 0.15) is 6.61 Å². The maximum absolute atomic E-state index is 11.6. The Kier molecular flexibility index (Phi) is 6.52. The van der Waals surface area contributed by atoms with Crippen molar-refractivity contribution in [2.24, 2.45) is 5.92 Å². The van der Waals surface area contributed by atoms with Crippen molar-refractivity contribution in [3.63, 3.8) is 0 Å². The monoisotopic (exact) mass is 280 g/mol. The molecule has 0 fully saturated rings. The van der Waals surface area contributed by atoms with Crippen LogP contribution < -0.4 is 10.6 Å². The van der Waals surface area contributed by atoms with Gasteiger partial charge in [-0.2, -0.15) is 0 Å². The zero-order chi connectivity index (χ0) is 15.0. The van der Waals surface area contributed by atoms with Crippen molar-refractivity contribution in [3.05, 3.63) is 29.8 Å². The summed E-state index contributed by atoms with van der Waals surface area (Å²) in [5.74, 6) is -0.150. The van der Waals surface area contributed by atoms with Crippen molar-refractivity contribution in [1.29, 1.82) is 0 Å². The van der Waals surface area contributed by atoms with E-state index in [1.165, 1.54) is 0 Å². The highest BCUT2D eigenvalue weighted by Gasteiger charge is 2.07. The lowest BCUT2D eigenvalue weighted by Crippen LogP contribution is -2.25. The molecule has 6 nitrogen and oxygen atoms in total. The van der Waals surface area contributed by atoms with E-state index in [4.69, 9.17) is 5.11 Å². The molecule has 110 valence electrons. The van der Waals surface area contributed by atoms with Gasteiger partial charge in [-0.1, -0.05) is 26.0 Å². The second-order valence-electron chi connectivity index (χ2n) is 4.56. The van der Waals surface area contributed by atoms with Gasteiger partial charge in [0.25, 0.3) is 0 Å². The molecule has 0 heterocycles. The molecule has 0 saturated heterocycles. The van der Waals surface area contributed by atoms with Crippen LogP contribution >= 0.6 is 0 Å². The Morgan fingerprint density at radius 3 is 2.75 bits per heavy atom. The topological polar surface area (TPSA) is 87.7 Å². The Labute approximate surface area is 118 Å². The average Bonchev–Trinajstić information content (AvgIpc) is 2.43. The van der Waals surface area contributed by atoms with Crippen LogP contribution in [-0.2, 0) is 16.1 Å². The van der Waals surface area contributed by atoms with Gasteiger partial charge in [-0.3, -0.25) is 4.79 Å². The Bertz CT molecular complexity index is 460. The number of benzene rings is 1. The van der Waals surface area contributed by atoms with Crippen LogP contribution in [0.3, 0.4) is 0 Å². The molecule has 20 heavy (non-hydrogen) atoms. The highest BCUT2D eigenvalue weighted by atomic mass is 16.6. The Morgan fingerprint density at radius 2 is 2.10 bits per heavy atom. The summed E-state index contributed by atoms with van der Waals surface area (Å²) in [6.45, 7) is 3.69. The Balaban J connectivity index is 2.51. The van der Waals surface area contributed by atoms with E-state index in [1.807, 2.05) is 19.9 Å². The number of hydrogen-bond acceptors (Lipinski definition) is 4. The summed E-state index contributed by atoms with van der Waals surface area (Å²) in [6.07, 6.45) is -0.587. The average molecular weight is 280 g/mol. The second kappa shape index (κ2) is 8.16. The minimum atomic E-state index is -0.587. The van der Waals surface area contributed by atoms with Crippen LogP contribution in [0, 0.1) is 5.92 Å². The molecule has 1 rings (SSSR count). The zero-order valence-corrected chi connectivity index (χ0v) is 11.7.